The van der Waals surface area contributed by atoms with Crippen molar-refractivity contribution in [3.05, 3.63) is 82.4 Å². The molecular formula is C28H30FNO4. The molecular weight excluding hydrogens is 433 g/mol. The van der Waals surface area contributed by atoms with E-state index in [1.807, 2.05) is 25.1 Å². The van der Waals surface area contributed by atoms with E-state index < -0.39 is 0 Å². The van der Waals surface area contributed by atoms with E-state index in [9.17, 15) is 9.18 Å². The lowest BCUT2D eigenvalue weighted by molar-refractivity contribution is 0.101. The zero-order valence-electron chi connectivity index (χ0n) is 19.9. The van der Waals surface area contributed by atoms with E-state index in [4.69, 9.17) is 14.2 Å². The van der Waals surface area contributed by atoms with Gasteiger partial charge in [0.05, 0.1) is 25.4 Å². The normalized spacial score (nSPS) is 13.2. The first-order valence-corrected chi connectivity index (χ1v) is 11.7. The maximum atomic E-state index is 13.3. The Kier molecular flexibility index (Phi) is 7.46. The van der Waals surface area contributed by atoms with Gasteiger partial charge < -0.3 is 14.2 Å². The Morgan fingerprint density at radius 3 is 2.59 bits per heavy atom. The fraction of sp³-hybridized carbons (Fsp3) is 0.357. The van der Waals surface area contributed by atoms with E-state index in [-0.39, 0.29) is 17.5 Å². The van der Waals surface area contributed by atoms with E-state index in [0.717, 1.165) is 35.2 Å². The van der Waals surface area contributed by atoms with E-state index in [1.165, 1.54) is 12.1 Å². The summed E-state index contributed by atoms with van der Waals surface area (Å²) in [5, 5.41) is 0. The Bertz CT molecular complexity index is 1150. The summed E-state index contributed by atoms with van der Waals surface area (Å²) in [6.45, 7) is 6.89. The number of benzene rings is 2. The molecule has 0 saturated carbocycles. The van der Waals surface area contributed by atoms with Crippen LogP contribution in [-0.2, 0) is 12.8 Å². The highest BCUT2D eigenvalue weighted by molar-refractivity contribution is 6.00. The number of hydrogen-bond donors (Lipinski definition) is 0. The number of Topliss-reactive ketones (excluding diaryl/α,β-unsaturated/α-hetero) is 1. The Hall–Kier alpha value is -3.41. The molecule has 5 nitrogen and oxygen atoms in total. The number of ketones is 1. The Labute approximate surface area is 199 Å². The van der Waals surface area contributed by atoms with Gasteiger partial charge in [0.1, 0.15) is 5.82 Å². The predicted molar refractivity (Wildman–Crippen MR) is 129 cm³/mol. The minimum atomic E-state index is -0.246. The molecule has 0 N–H and O–H groups in total. The van der Waals surface area contributed by atoms with Crippen molar-refractivity contribution >= 4 is 5.78 Å². The molecule has 6 heteroatoms. The second-order valence-electron chi connectivity index (χ2n) is 8.63. The van der Waals surface area contributed by atoms with Crippen LogP contribution in [0.5, 0.6) is 17.2 Å². The van der Waals surface area contributed by atoms with Gasteiger partial charge in [-0.3, -0.25) is 9.78 Å². The second-order valence-corrected chi connectivity index (χ2v) is 8.63. The highest BCUT2D eigenvalue weighted by Crippen LogP contribution is 2.48. The van der Waals surface area contributed by atoms with Crippen molar-refractivity contribution < 1.29 is 23.4 Å². The molecule has 1 aliphatic rings. The van der Waals surface area contributed by atoms with Crippen LogP contribution in [0.1, 0.15) is 58.9 Å². The molecule has 0 amide bonds. The number of halogens is 1. The molecule has 2 aromatic carbocycles. The Morgan fingerprint density at radius 2 is 1.88 bits per heavy atom. The second kappa shape index (κ2) is 10.7. The lowest BCUT2D eigenvalue weighted by Crippen LogP contribution is -2.12. The van der Waals surface area contributed by atoms with Crippen LogP contribution < -0.4 is 14.2 Å². The van der Waals surface area contributed by atoms with Gasteiger partial charge in [-0.25, -0.2) is 4.39 Å². The Balaban J connectivity index is 1.56. The molecule has 0 spiro atoms. The summed E-state index contributed by atoms with van der Waals surface area (Å²) in [4.78, 5) is 17.0. The van der Waals surface area contributed by atoms with Crippen molar-refractivity contribution in [1.29, 1.82) is 0 Å². The average Bonchev–Trinajstić information content (AvgIpc) is 3.32. The zero-order valence-corrected chi connectivity index (χ0v) is 19.9. The molecule has 1 unspecified atom stereocenters. The maximum Gasteiger partial charge on any atom is 0.204 e. The van der Waals surface area contributed by atoms with Crippen molar-refractivity contribution in [2.75, 3.05) is 19.8 Å². The van der Waals surface area contributed by atoms with Gasteiger partial charge in [0.25, 0.3) is 0 Å². The van der Waals surface area contributed by atoms with E-state index in [0.29, 0.717) is 49.1 Å². The molecule has 0 radical (unpaired) electrons. The molecule has 178 valence electrons. The van der Waals surface area contributed by atoms with Crippen LogP contribution in [0.2, 0.25) is 0 Å². The minimum Gasteiger partial charge on any atom is -0.489 e. The largest absolute Gasteiger partial charge is 0.489 e. The van der Waals surface area contributed by atoms with Gasteiger partial charge in [-0.1, -0.05) is 25.1 Å². The van der Waals surface area contributed by atoms with Crippen LogP contribution >= 0.6 is 0 Å². The number of carbonyl (C=O) groups is 1. The molecule has 0 fully saturated rings. The first kappa shape index (κ1) is 23.7. The van der Waals surface area contributed by atoms with Crippen molar-refractivity contribution in [3.63, 3.8) is 0 Å². The van der Waals surface area contributed by atoms with Crippen molar-refractivity contribution in [3.8, 4) is 17.2 Å². The van der Waals surface area contributed by atoms with Crippen LogP contribution in [0.4, 0.5) is 4.39 Å². The molecule has 3 aromatic rings. The average molecular weight is 464 g/mol. The molecule has 0 bridgehead atoms. The molecule has 34 heavy (non-hydrogen) atoms. The van der Waals surface area contributed by atoms with Crippen LogP contribution in [0.3, 0.4) is 0 Å². The Morgan fingerprint density at radius 1 is 1.12 bits per heavy atom. The topological polar surface area (TPSA) is 57.7 Å². The number of pyridine rings is 1. The van der Waals surface area contributed by atoms with Crippen molar-refractivity contribution in [1.82, 2.24) is 4.98 Å². The SMILES string of the molecule is CC(=O)c1c(C)c2c(c(OCCC(C)c3ccc(F)cc3)c1OCCc1ccccn1)OCC2. The summed E-state index contributed by atoms with van der Waals surface area (Å²) >= 11 is 0. The summed E-state index contributed by atoms with van der Waals surface area (Å²) in [6.07, 6.45) is 3.81. The fourth-order valence-electron chi connectivity index (χ4n) is 4.35. The van der Waals surface area contributed by atoms with Crippen LogP contribution in [-0.4, -0.2) is 30.6 Å². The van der Waals surface area contributed by atoms with Crippen LogP contribution in [0.15, 0.2) is 48.7 Å². The number of fused-ring (bicyclic) bond motifs is 1. The lowest BCUT2D eigenvalue weighted by atomic mass is 9.96. The molecule has 0 aliphatic carbocycles. The van der Waals surface area contributed by atoms with E-state index in [1.54, 1.807) is 25.3 Å². The summed E-state index contributed by atoms with van der Waals surface area (Å²) in [7, 11) is 0. The van der Waals surface area contributed by atoms with Gasteiger partial charge in [0.2, 0.25) is 5.75 Å². The zero-order chi connectivity index (χ0) is 24.1. The van der Waals surface area contributed by atoms with Gasteiger partial charge in [0.15, 0.2) is 17.3 Å². The number of carbonyl (C=O) groups excluding carboxylic acids is 1. The number of ether oxygens (including phenoxy) is 3. The summed E-state index contributed by atoms with van der Waals surface area (Å²) in [5.41, 5.74) is 4.40. The molecule has 1 aliphatic heterocycles. The van der Waals surface area contributed by atoms with Crippen LogP contribution in [0.25, 0.3) is 0 Å². The maximum absolute atomic E-state index is 13.3. The molecule has 4 rings (SSSR count). The van der Waals surface area contributed by atoms with E-state index in [2.05, 4.69) is 11.9 Å². The quantitative estimate of drug-likeness (QED) is 0.353. The summed E-state index contributed by atoms with van der Waals surface area (Å²) in [5.74, 6) is 1.48. The third-order valence-electron chi connectivity index (χ3n) is 6.26. The van der Waals surface area contributed by atoms with Crippen molar-refractivity contribution in [2.45, 2.75) is 46.0 Å². The number of nitrogens with zero attached hydrogens (tertiary/aromatic N) is 1. The molecule has 0 saturated heterocycles. The molecule has 2 heterocycles. The smallest absolute Gasteiger partial charge is 0.204 e. The number of rotatable bonds is 10. The lowest BCUT2D eigenvalue weighted by Gasteiger charge is -2.21. The standard InChI is InChI=1S/C28H30FNO4/c1-18(21-7-9-22(29)10-8-21)11-15-34-28-26-24(13-17-32-26)19(2)25(20(3)31)27(28)33-16-12-23-6-4-5-14-30-23/h4-10,14,18H,11-13,15-17H2,1-3H3. The van der Waals surface area contributed by atoms with Gasteiger partial charge in [-0.05, 0) is 61.6 Å². The first-order chi connectivity index (χ1) is 16.5. The minimum absolute atomic E-state index is 0.0652. The van der Waals surface area contributed by atoms with E-state index >= 15 is 0 Å². The summed E-state index contributed by atoms with van der Waals surface area (Å²) in [6, 6.07) is 12.3. The highest BCUT2D eigenvalue weighted by atomic mass is 19.1. The van der Waals surface area contributed by atoms with Crippen LogP contribution in [0, 0.1) is 12.7 Å². The van der Waals surface area contributed by atoms with Gasteiger partial charge in [0, 0.05) is 30.3 Å². The summed E-state index contributed by atoms with van der Waals surface area (Å²) < 4.78 is 31.6. The monoisotopic (exact) mass is 463 g/mol. The molecule has 1 atom stereocenters. The highest BCUT2D eigenvalue weighted by Gasteiger charge is 2.30. The third-order valence-corrected chi connectivity index (χ3v) is 6.26. The molecule has 1 aromatic heterocycles. The first-order valence-electron chi connectivity index (χ1n) is 11.7. The third kappa shape index (κ3) is 5.22. The number of aromatic nitrogens is 1. The van der Waals surface area contributed by atoms with Gasteiger partial charge in [-0.2, -0.15) is 0 Å². The predicted octanol–water partition coefficient (Wildman–Crippen LogP) is 5.86. The van der Waals surface area contributed by atoms with Crippen molar-refractivity contribution in [2.24, 2.45) is 0 Å². The van der Waals surface area contributed by atoms with Gasteiger partial charge in [-0.15, -0.1) is 0 Å². The number of hydrogen-bond acceptors (Lipinski definition) is 5. The van der Waals surface area contributed by atoms with Gasteiger partial charge >= 0.3 is 0 Å². The fourth-order valence-corrected chi connectivity index (χ4v) is 4.35.